The molecule has 2 saturated carbocycles. The molecule has 2 fully saturated rings. The summed E-state index contributed by atoms with van der Waals surface area (Å²) in [6, 6.07) is 0.357. The lowest BCUT2D eigenvalue weighted by Gasteiger charge is -2.27. The minimum Gasteiger partial charge on any atom is -0.460 e. The number of nitrogens with two attached hydrogens (primary N) is 1. The normalized spacial score (nSPS) is 25.2. The number of primary amides is 1. The Morgan fingerprint density at radius 2 is 2.00 bits per heavy atom. The van der Waals surface area contributed by atoms with Crippen molar-refractivity contribution in [3.05, 3.63) is 11.8 Å². The third kappa shape index (κ3) is 4.35. The van der Waals surface area contributed by atoms with Crippen LogP contribution in [0.4, 0.5) is 5.82 Å². The Bertz CT molecular complexity index is 575. The summed E-state index contributed by atoms with van der Waals surface area (Å²) in [5, 5.41) is 13.1. The van der Waals surface area contributed by atoms with Crippen LogP contribution in [0.15, 0.2) is 6.20 Å². The van der Waals surface area contributed by atoms with E-state index in [4.69, 9.17) is 10.5 Å². The molecule has 7 nitrogen and oxygen atoms in total. The van der Waals surface area contributed by atoms with Gasteiger partial charge in [0.25, 0.3) is 5.91 Å². The molecule has 0 spiro atoms. The van der Waals surface area contributed by atoms with E-state index >= 15 is 0 Å². The van der Waals surface area contributed by atoms with Gasteiger partial charge in [0.1, 0.15) is 17.5 Å². The van der Waals surface area contributed by atoms with Crippen molar-refractivity contribution in [2.45, 2.75) is 76.0 Å². The Morgan fingerprint density at radius 1 is 1.21 bits per heavy atom. The van der Waals surface area contributed by atoms with Crippen LogP contribution in [-0.4, -0.2) is 39.2 Å². The molecule has 1 aromatic heterocycles. The van der Waals surface area contributed by atoms with Crippen LogP contribution in [0.3, 0.4) is 0 Å². The number of anilines is 1. The third-order valence-electron chi connectivity index (χ3n) is 4.84. The van der Waals surface area contributed by atoms with Gasteiger partial charge >= 0.3 is 6.01 Å². The van der Waals surface area contributed by atoms with E-state index in [-0.39, 0.29) is 29.8 Å². The lowest BCUT2D eigenvalue weighted by Crippen LogP contribution is -2.31. The van der Waals surface area contributed by atoms with Crippen molar-refractivity contribution in [3.8, 4) is 6.01 Å². The molecule has 2 aliphatic carbocycles. The number of carbonyl (C=O) groups excluding carboxylic acids is 1. The van der Waals surface area contributed by atoms with Gasteiger partial charge in [0.05, 0.1) is 6.10 Å². The van der Waals surface area contributed by atoms with E-state index in [1.807, 2.05) is 0 Å². The van der Waals surface area contributed by atoms with E-state index in [0.29, 0.717) is 12.2 Å². The van der Waals surface area contributed by atoms with Crippen LogP contribution in [-0.2, 0) is 0 Å². The Balaban J connectivity index is 1.73. The zero-order chi connectivity index (χ0) is 16.9. The van der Waals surface area contributed by atoms with E-state index in [1.165, 1.54) is 12.6 Å². The molecule has 2 atom stereocenters. The summed E-state index contributed by atoms with van der Waals surface area (Å²) in [6.45, 7) is 0. The zero-order valence-electron chi connectivity index (χ0n) is 13.9. The summed E-state index contributed by atoms with van der Waals surface area (Å²) in [5.74, 6) is -0.166. The molecule has 0 aliphatic heterocycles. The first-order valence-corrected chi connectivity index (χ1v) is 8.90. The van der Waals surface area contributed by atoms with Crippen molar-refractivity contribution >= 4 is 11.7 Å². The Hall–Kier alpha value is -1.89. The maximum Gasteiger partial charge on any atom is 0.318 e. The first kappa shape index (κ1) is 17.0. The van der Waals surface area contributed by atoms with E-state index in [2.05, 4.69) is 15.3 Å². The number of aromatic nitrogens is 2. The van der Waals surface area contributed by atoms with Crippen molar-refractivity contribution in [1.82, 2.24) is 9.97 Å². The van der Waals surface area contributed by atoms with Gasteiger partial charge in [0, 0.05) is 12.2 Å². The molecule has 0 aromatic carbocycles. The molecule has 0 bridgehead atoms. The Kier molecular flexibility index (Phi) is 5.50. The fraction of sp³-hybridized carbons (Fsp3) is 0.706. The number of hydrogen-bond acceptors (Lipinski definition) is 6. The quantitative estimate of drug-likeness (QED) is 0.759. The number of hydrogen-bond donors (Lipinski definition) is 3. The molecular formula is C17H26N4O3. The van der Waals surface area contributed by atoms with Crippen molar-refractivity contribution in [3.63, 3.8) is 0 Å². The van der Waals surface area contributed by atoms with Crippen LogP contribution in [0.1, 0.15) is 68.1 Å². The fourth-order valence-electron chi connectivity index (χ4n) is 3.53. The molecule has 132 valence electrons. The lowest BCUT2D eigenvalue weighted by molar-refractivity contribution is 0.0999. The number of rotatable bonds is 5. The molecule has 2 unspecified atom stereocenters. The summed E-state index contributed by atoms with van der Waals surface area (Å²) in [6.07, 6.45) is 10.2. The van der Waals surface area contributed by atoms with Crippen molar-refractivity contribution in [2.75, 3.05) is 5.32 Å². The topological polar surface area (TPSA) is 110 Å². The molecule has 3 rings (SSSR count). The Labute approximate surface area is 142 Å². The van der Waals surface area contributed by atoms with Gasteiger partial charge < -0.3 is 20.9 Å². The van der Waals surface area contributed by atoms with Gasteiger partial charge in [-0.1, -0.05) is 6.42 Å². The predicted octanol–water partition coefficient (Wildman–Crippen LogP) is 2.00. The minimum absolute atomic E-state index is 0.0734. The molecule has 0 radical (unpaired) electrons. The molecule has 24 heavy (non-hydrogen) atoms. The maximum atomic E-state index is 11.6. The van der Waals surface area contributed by atoms with Gasteiger partial charge in [-0.15, -0.1) is 0 Å². The smallest absolute Gasteiger partial charge is 0.318 e. The molecular weight excluding hydrogens is 308 g/mol. The molecule has 1 amide bonds. The molecule has 1 aromatic rings. The number of nitrogens with zero attached hydrogens (tertiary/aromatic N) is 2. The summed E-state index contributed by atoms with van der Waals surface area (Å²) in [5.41, 5.74) is 5.69. The van der Waals surface area contributed by atoms with Crippen LogP contribution >= 0.6 is 0 Å². The predicted molar refractivity (Wildman–Crippen MR) is 89.9 cm³/mol. The second kappa shape index (κ2) is 7.79. The maximum absolute atomic E-state index is 11.6. The van der Waals surface area contributed by atoms with Gasteiger partial charge in [0.2, 0.25) is 0 Å². The summed E-state index contributed by atoms with van der Waals surface area (Å²) in [4.78, 5) is 20.2. The van der Waals surface area contributed by atoms with Gasteiger partial charge in [-0.3, -0.25) is 4.79 Å². The highest BCUT2D eigenvalue weighted by molar-refractivity contribution is 5.97. The van der Waals surface area contributed by atoms with Crippen LogP contribution in [0, 0.1) is 0 Å². The number of aliphatic hydroxyl groups is 1. The van der Waals surface area contributed by atoms with Crippen molar-refractivity contribution < 1.29 is 14.6 Å². The SMILES string of the molecule is NC(=O)c1cnc(OC2CCCCC2)nc1NC1CCCC(O)C1. The first-order valence-electron chi connectivity index (χ1n) is 8.90. The van der Waals surface area contributed by atoms with Crippen molar-refractivity contribution in [1.29, 1.82) is 0 Å². The van der Waals surface area contributed by atoms with Crippen molar-refractivity contribution in [2.24, 2.45) is 5.73 Å². The summed E-state index contributed by atoms with van der Waals surface area (Å²) < 4.78 is 5.88. The lowest BCUT2D eigenvalue weighted by atomic mass is 9.93. The van der Waals surface area contributed by atoms with E-state index < -0.39 is 5.91 Å². The second-order valence-corrected chi connectivity index (χ2v) is 6.82. The van der Waals surface area contributed by atoms with E-state index in [1.54, 1.807) is 0 Å². The third-order valence-corrected chi connectivity index (χ3v) is 4.84. The number of aliphatic hydroxyl groups excluding tert-OH is 1. The van der Waals surface area contributed by atoms with E-state index in [0.717, 1.165) is 44.9 Å². The van der Waals surface area contributed by atoms with Crippen LogP contribution in [0.5, 0.6) is 6.01 Å². The zero-order valence-corrected chi connectivity index (χ0v) is 13.9. The summed E-state index contributed by atoms with van der Waals surface area (Å²) in [7, 11) is 0. The highest BCUT2D eigenvalue weighted by Gasteiger charge is 2.23. The monoisotopic (exact) mass is 334 g/mol. The number of carbonyl (C=O) groups is 1. The molecule has 1 heterocycles. The second-order valence-electron chi connectivity index (χ2n) is 6.82. The standard InChI is InChI=1S/C17H26N4O3/c18-15(23)14-10-19-17(24-13-7-2-1-3-8-13)21-16(14)20-11-5-4-6-12(22)9-11/h10-13,22H,1-9H2,(H2,18,23)(H,19,20,21). The minimum atomic E-state index is -0.571. The average Bonchev–Trinajstić information content (AvgIpc) is 2.56. The number of amides is 1. The molecule has 0 saturated heterocycles. The highest BCUT2D eigenvalue weighted by atomic mass is 16.5. The van der Waals surface area contributed by atoms with Gasteiger partial charge in [-0.2, -0.15) is 4.98 Å². The largest absolute Gasteiger partial charge is 0.460 e. The average molecular weight is 334 g/mol. The van der Waals surface area contributed by atoms with Crippen LogP contribution in [0.2, 0.25) is 0 Å². The van der Waals surface area contributed by atoms with Gasteiger partial charge in [0.15, 0.2) is 0 Å². The molecule has 4 N–H and O–H groups in total. The number of nitrogens with one attached hydrogen (secondary N) is 1. The summed E-state index contributed by atoms with van der Waals surface area (Å²) >= 11 is 0. The number of ether oxygens (including phenoxy) is 1. The van der Waals surface area contributed by atoms with E-state index in [9.17, 15) is 9.90 Å². The van der Waals surface area contributed by atoms with Crippen LogP contribution in [0.25, 0.3) is 0 Å². The Morgan fingerprint density at radius 3 is 2.71 bits per heavy atom. The highest BCUT2D eigenvalue weighted by Crippen LogP contribution is 2.25. The first-order chi connectivity index (χ1) is 11.6. The van der Waals surface area contributed by atoms with Gasteiger partial charge in [-0.25, -0.2) is 4.98 Å². The molecule has 2 aliphatic rings. The fourth-order valence-corrected chi connectivity index (χ4v) is 3.53. The van der Waals surface area contributed by atoms with Crippen LogP contribution < -0.4 is 15.8 Å². The molecule has 7 heteroatoms. The van der Waals surface area contributed by atoms with Gasteiger partial charge in [-0.05, 0) is 51.4 Å².